The number of nitrogens with one attached hydrogen (secondary N) is 4. The Kier molecular flexibility index (Phi) is 15.1. The number of rotatable bonds is 16. The van der Waals surface area contributed by atoms with Crippen molar-refractivity contribution in [1.82, 2.24) is 21.3 Å². The molecule has 13 heteroatoms. The summed E-state index contributed by atoms with van der Waals surface area (Å²) in [6.45, 7) is 12.3. The van der Waals surface area contributed by atoms with E-state index in [-0.39, 0.29) is 30.4 Å². The average Bonchev–Trinajstić information content (AvgIpc) is 2.87. The number of amides is 4. The zero-order valence-electron chi connectivity index (χ0n) is 26.6. The van der Waals surface area contributed by atoms with Crippen molar-refractivity contribution < 1.29 is 37.4 Å². The molecule has 244 valence electrons. The van der Waals surface area contributed by atoms with Crippen LogP contribution in [0.1, 0.15) is 73.3 Å². The zero-order chi connectivity index (χ0) is 33.0. The highest BCUT2D eigenvalue weighted by Gasteiger charge is 2.31. The molecule has 0 aliphatic rings. The molecule has 0 heterocycles. The second-order valence-electron chi connectivity index (χ2n) is 12.5. The Labute approximate surface area is 256 Å². The molecule has 5 atom stereocenters. The number of benzene rings is 1. The summed E-state index contributed by atoms with van der Waals surface area (Å²) in [6, 6.07) is 6.51. The highest BCUT2D eigenvalue weighted by Crippen LogP contribution is 2.17. The van der Waals surface area contributed by atoms with Gasteiger partial charge < -0.3 is 31.1 Å². The van der Waals surface area contributed by atoms with Gasteiger partial charge in [0.25, 0.3) is 0 Å². The van der Waals surface area contributed by atoms with Crippen molar-refractivity contribution in [2.24, 2.45) is 11.8 Å². The maximum Gasteiger partial charge on any atom is 0.408 e. The summed E-state index contributed by atoms with van der Waals surface area (Å²) in [5, 5.41) is 21.7. The highest BCUT2D eigenvalue weighted by atomic mass is 32.2. The molecule has 1 aromatic carbocycles. The van der Waals surface area contributed by atoms with Gasteiger partial charge in [0.15, 0.2) is 0 Å². The molecular weight excluding hydrogens is 576 g/mol. The molecule has 0 aliphatic heterocycles. The van der Waals surface area contributed by atoms with Gasteiger partial charge in [-0.2, -0.15) is 0 Å². The van der Waals surface area contributed by atoms with Gasteiger partial charge in [0.1, 0.15) is 27.5 Å². The third kappa shape index (κ3) is 16.3. The van der Waals surface area contributed by atoms with Crippen molar-refractivity contribution in [2.75, 3.05) is 12.0 Å². The van der Waals surface area contributed by atoms with Crippen LogP contribution in [0.15, 0.2) is 30.3 Å². The van der Waals surface area contributed by atoms with E-state index in [4.69, 9.17) is 4.74 Å². The number of carbonyl (C=O) groups excluding carboxylic acids is 4. The maximum absolute atomic E-state index is 13.3. The van der Waals surface area contributed by atoms with Gasteiger partial charge in [-0.3, -0.25) is 14.4 Å². The van der Waals surface area contributed by atoms with E-state index in [2.05, 4.69) is 21.3 Å². The Balaban J connectivity index is 2.86. The van der Waals surface area contributed by atoms with E-state index in [0.29, 0.717) is 13.0 Å². The molecule has 5 N–H and O–H groups in total. The Bertz CT molecular complexity index is 1170. The summed E-state index contributed by atoms with van der Waals surface area (Å²) in [5.74, 6) is -2.48. The molecule has 0 aliphatic carbocycles. The van der Waals surface area contributed by atoms with Crippen molar-refractivity contribution in [3.63, 3.8) is 0 Å². The molecule has 0 radical (unpaired) electrons. The van der Waals surface area contributed by atoms with Crippen molar-refractivity contribution in [2.45, 2.75) is 104 Å². The number of aliphatic hydroxyl groups is 1. The van der Waals surface area contributed by atoms with E-state index < -0.39 is 63.5 Å². The largest absolute Gasteiger partial charge is 0.444 e. The summed E-state index contributed by atoms with van der Waals surface area (Å²) in [4.78, 5) is 51.0. The van der Waals surface area contributed by atoms with Gasteiger partial charge in [0.2, 0.25) is 17.7 Å². The number of ether oxygens (including phenoxy) is 1. The predicted molar refractivity (Wildman–Crippen MR) is 165 cm³/mol. The Morgan fingerprint density at radius 1 is 0.884 bits per heavy atom. The van der Waals surface area contributed by atoms with Gasteiger partial charge in [0, 0.05) is 18.7 Å². The average molecular weight is 627 g/mol. The molecule has 0 saturated heterocycles. The smallest absolute Gasteiger partial charge is 0.408 e. The summed E-state index contributed by atoms with van der Waals surface area (Å²) >= 11 is 0. The summed E-state index contributed by atoms with van der Waals surface area (Å²) in [7, 11) is -3.44. The molecule has 0 unspecified atom stereocenters. The monoisotopic (exact) mass is 626 g/mol. The minimum Gasteiger partial charge on any atom is -0.444 e. The minimum absolute atomic E-state index is 0.0185. The first-order valence-electron chi connectivity index (χ1n) is 14.5. The normalized spacial score (nSPS) is 15.4. The third-order valence-electron chi connectivity index (χ3n) is 6.41. The fraction of sp³-hybridized carbons (Fsp3) is 0.667. The van der Waals surface area contributed by atoms with Crippen molar-refractivity contribution in [3.05, 3.63) is 35.9 Å². The van der Waals surface area contributed by atoms with Crippen LogP contribution in [0.2, 0.25) is 0 Å². The number of aliphatic hydroxyl groups excluding tert-OH is 1. The molecule has 0 fully saturated rings. The molecule has 0 saturated carbocycles. The fourth-order valence-corrected chi connectivity index (χ4v) is 4.81. The van der Waals surface area contributed by atoms with Crippen LogP contribution in [-0.4, -0.2) is 79.2 Å². The van der Waals surface area contributed by atoms with Gasteiger partial charge in [-0.25, -0.2) is 13.2 Å². The van der Waals surface area contributed by atoms with E-state index >= 15 is 0 Å². The molecule has 0 bridgehead atoms. The van der Waals surface area contributed by atoms with Gasteiger partial charge in [0.05, 0.1) is 17.9 Å². The van der Waals surface area contributed by atoms with E-state index in [1.807, 2.05) is 44.2 Å². The highest BCUT2D eigenvalue weighted by molar-refractivity contribution is 7.90. The van der Waals surface area contributed by atoms with Crippen LogP contribution < -0.4 is 21.3 Å². The van der Waals surface area contributed by atoms with E-state index in [0.717, 1.165) is 11.8 Å². The number of sulfone groups is 1. The Morgan fingerprint density at radius 3 is 2.02 bits per heavy atom. The van der Waals surface area contributed by atoms with Gasteiger partial charge >= 0.3 is 6.09 Å². The molecule has 43 heavy (non-hydrogen) atoms. The van der Waals surface area contributed by atoms with Crippen LogP contribution in [0.4, 0.5) is 4.79 Å². The summed E-state index contributed by atoms with van der Waals surface area (Å²) < 4.78 is 28.8. The van der Waals surface area contributed by atoms with Crippen molar-refractivity contribution >= 4 is 33.7 Å². The van der Waals surface area contributed by atoms with E-state index in [1.54, 1.807) is 34.6 Å². The molecule has 0 aromatic heterocycles. The number of hydrogen-bond acceptors (Lipinski definition) is 8. The lowest BCUT2D eigenvalue weighted by Gasteiger charge is -2.30. The summed E-state index contributed by atoms with van der Waals surface area (Å²) in [6.07, 6.45) is -0.862. The van der Waals surface area contributed by atoms with Crippen LogP contribution >= 0.6 is 0 Å². The molecule has 0 spiro atoms. The van der Waals surface area contributed by atoms with Crippen LogP contribution in [-0.2, 0) is 35.5 Å². The number of carbonyl (C=O) groups is 4. The lowest BCUT2D eigenvalue weighted by atomic mass is 9.92. The second-order valence-corrected chi connectivity index (χ2v) is 14.8. The van der Waals surface area contributed by atoms with Crippen LogP contribution in [0.3, 0.4) is 0 Å². The standard InChI is InChI=1S/C30H50N4O8S/c1-19(2)16-24(33-28(38)23(14-15-43(8,40)41)34-29(39)42-30(5,6)7)25(35)17-20(3)26(36)32-21(4)27(37)31-18-22-12-10-9-11-13-22/h9-13,19-21,23-25,35H,14-18H2,1-8H3,(H,31,37)(H,32,36)(H,33,38)(H,34,39)/t20-,21+,23+,24+,25+/m1/s1. The van der Waals surface area contributed by atoms with Crippen LogP contribution in [0, 0.1) is 11.8 Å². The second kappa shape index (κ2) is 17.2. The van der Waals surface area contributed by atoms with Gasteiger partial charge in [-0.05, 0) is 58.4 Å². The van der Waals surface area contributed by atoms with Crippen LogP contribution in [0.25, 0.3) is 0 Å². The van der Waals surface area contributed by atoms with Crippen molar-refractivity contribution in [1.29, 1.82) is 0 Å². The van der Waals surface area contributed by atoms with E-state index in [9.17, 15) is 32.7 Å². The first-order valence-corrected chi connectivity index (χ1v) is 16.6. The molecular formula is C30H50N4O8S. The predicted octanol–water partition coefficient (Wildman–Crippen LogP) is 2.05. The quantitative estimate of drug-likeness (QED) is 0.185. The SMILES string of the molecule is CC(C)C[C@H](NC(=O)[C@H](CCS(C)(=O)=O)NC(=O)OC(C)(C)C)[C@@H](O)C[C@@H](C)C(=O)N[C@@H](C)C(=O)NCc1ccccc1. The minimum atomic E-state index is -3.44. The third-order valence-corrected chi connectivity index (χ3v) is 7.38. The Hall–Kier alpha value is -3.19. The first kappa shape index (κ1) is 37.8. The molecule has 4 amide bonds. The fourth-order valence-electron chi connectivity index (χ4n) is 4.15. The van der Waals surface area contributed by atoms with Crippen molar-refractivity contribution in [3.8, 4) is 0 Å². The topological polar surface area (TPSA) is 180 Å². The lowest BCUT2D eigenvalue weighted by Crippen LogP contribution is -2.54. The zero-order valence-corrected chi connectivity index (χ0v) is 27.4. The molecule has 12 nitrogen and oxygen atoms in total. The van der Waals surface area contributed by atoms with Gasteiger partial charge in [-0.1, -0.05) is 51.1 Å². The van der Waals surface area contributed by atoms with E-state index in [1.165, 1.54) is 0 Å². The van der Waals surface area contributed by atoms with Gasteiger partial charge in [-0.15, -0.1) is 0 Å². The summed E-state index contributed by atoms with van der Waals surface area (Å²) in [5.41, 5.74) is 0.0821. The number of alkyl carbamates (subject to hydrolysis) is 1. The molecule has 1 rings (SSSR count). The first-order chi connectivity index (χ1) is 19.8. The van der Waals surface area contributed by atoms with Crippen LogP contribution in [0.5, 0.6) is 0 Å². The molecule has 1 aromatic rings. The number of hydrogen-bond donors (Lipinski definition) is 5. The Morgan fingerprint density at radius 2 is 1.49 bits per heavy atom. The lowest BCUT2D eigenvalue weighted by molar-refractivity contribution is -0.131. The maximum atomic E-state index is 13.3.